The van der Waals surface area contributed by atoms with Gasteiger partial charge in [-0.2, -0.15) is 4.98 Å². The van der Waals surface area contributed by atoms with E-state index in [4.69, 9.17) is 9.47 Å². The Morgan fingerprint density at radius 1 is 1.09 bits per heavy atom. The number of aryl methyl sites for hydroxylation is 1. The topological polar surface area (TPSA) is 99.5 Å². The van der Waals surface area contributed by atoms with Crippen LogP contribution in [0.25, 0.3) is 11.1 Å². The van der Waals surface area contributed by atoms with Gasteiger partial charge in [-0.15, -0.1) is 0 Å². The number of esters is 1. The van der Waals surface area contributed by atoms with E-state index in [1.165, 1.54) is 13.0 Å². The van der Waals surface area contributed by atoms with Gasteiger partial charge in [-0.3, -0.25) is 14.2 Å². The van der Waals surface area contributed by atoms with Crippen LogP contribution in [0.2, 0.25) is 0 Å². The number of nitrogens with one attached hydrogen (secondary N) is 1. The fourth-order valence-corrected chi connectivity index (χ4v) is 5.85. The lowest BCUT2D eigenvalue weighted by atomic mass is 9.98. The van der Waals surface area contributed by atoms with Crippen LogP contribution in [0.3, 0.4) is 0 Å². The molecule has 0 saturated carbocycles. The van der Waals surface area contributed by atoms with Gasteiger partial charge in [-0.25, -0.2) is 9.18 Å². The van der Waals surface area contributed by atoms with Gasteiger partial charge in [-0.05, 0) is 69.7 Å². The molecule has 3 rings (SSSR count). The molecule has 2 aromatic carbocycles. The van der Waals surface area contributed by atoms with E-state index in [-0.39, 0.29) is 30.0 Å². The molecule has 10 heteroatoms. The van der Waals surface area contributed by atoms with Gasteiger partial charge in [0.25, 0.3) is 6.01 Å². The number of amides is 1. The lowest BCUT2D eigenvalue weighted by Gasteiger charge is -2.20. The summed E-state index contributed by atoms with van der Waals surface area (Å²) in [6.45, 7) is 15.3. The zero-order valence-corrected chi connectivity index (χ0v) is 27.8. The molecule has 0 saturated heterocycles. The quantitative estimate of drug-likeness (QED) is 0.205. The summed E-state index contributed by atoms with van der Waals surface area (Å²) >= 11 is 1.03. The third-order valence-electron chi connectivity index (χ3n) is 6.68. The molecule has 0 unspecified atom stereocenters. The number of carbonyl (C=O) groups excluding carboxylic acids is 3. The molecule has 0 bridgehead atoms. The standard InChI is InChI=1S/C34H44FN3O5S/c1-9-28-29(19-36-31(40)30(17-21(3)4)44-22(5)39)38(33(37-28)42-10-2)20-24-16-15-23(18-27(24)35)25-13-11-12-14-26(25)32(41)43-34(6,7)8/h11-16,18,21,30H,9-10,17,19-20H2,1-8H3,(H,36,40)/t30-/m1/s1. The predicted octanol–water partition coefficient (Wildman–Crippen LogP) is 6.96. The van der Waals surface area contributed by atoms with Gasteiger partial charge in [-0.1, -0.05) is 62.9 Å². The molecule has 1 heterocycles. The molecule has 0 aliphatic carbocycles. The molecule has 44 heavy (non-hydrogen) atoms. The fourth-order valence-electron chi connectivity index (χ4n) is 4.78. The lowest BCUT2D eigenvalue weighted by Crippen LogP contribution is -2.34. The summed E-state index contributed by atoms with van der Waals surface area (Å²) in [5.41, 5.74) is 2.63. The van der Waals surface area contributed by atoms with Gasteiger partial charge in [0.1, 0.15) is 11.4 Å². The maximum absolute atomic E-state index is 15.7. The molecule has 0 aliphatic rings. The van der Waals surface area contributed by atoms with Gasteiger partial charge in [0, 0.05) is 12.5 Å². The number of imidazole rings is 1. The maximum Gasteiger partial charge on any atom is 0.339 e. The zero-order valence-electron chi connectivity index (χ0n) is 27.0. The molecule has 1 N–H and O–H groups in total. The first-order chi connectivity index (χ1) is 20.7. The van der Waals surface area contributed by atoms with Crippen LogP contribution in [0.4, 0.5) is 4.39 Å². The molecular formula is C34H44FN3O5S. The molecule has 0 spiro atoms. The van der Waals surface area contributed by atoms with Crippen molar-refractivity contribution in [1.29, 1.82) is 0 Å². The molecule has 0 fully saturated rings. The number of halogens is 1. The van der Waals surface area contributed by atoms with E-state index < -0.39 is 22.6 Å². The van der Waals surface area contributed by atoms with Crippen molar-refractivity contribution in [3.63, 3.8) is 0 Å². The lowest BCUT2D eigenvalue weighted by molar-refractivity contribution is -0.121. The molecule has 238 valence electrons. The Bertz CT molecular complexity index is 1480. The maximum atomic E-state index is 15.7. The van der Waals surface area contributed by atoms with Gasteiger partial charge < -0.3 is 14.8 Å². The van der Waals surface area contributed by atoms with Crippen molar-refractivity contribution in [2.75, 3.05) is 6.61 Å². The fraction of sp³-hybridized carbons (Fsp3) is 0.471. The van der Waals surface area contributed by atoms with Crippen molar-refractivity contribution in [1.82, 2.24) is 14.9 Å². The number of hydrogen-bond donors (Lipinski definition) is 1. The van der Waals surface area contributed by atoms with Crippen molar-refractivity contribution in [3.8, 4) is 17.1 Å². The minimum atomic E-state index is -0.668. The van der Waals surface area contributed by atoms with Crippen LogP contribution in [-0.4, -0.2) is 44.0 Å². The smallest absolute Gasteiger partial charge is 0.339 e. The summed E-state index contributed by atoms with van der Waals surface area (Å²) in [6.07, 6.45) is 1.15. The number of rotatable bonds is 13. The van der Waals surface area contributed by atoms with Gasteiger partial charge in [0.05, 0.1) is 41.9 Å². The summed E-state index contributed by atoms with van der Waals surface area (Å²) in [7, 11) is 0. The zero-order chi connectivity index (χ0) is 32.6. The second-order valence-electron chi connectivity index (χ2n) is 12.0. The van der Waals surface area contributed by atoms with Crippen molar-refractivity contribution in [2.24, 2.45) is 5.92 Å². The Balaban J connectivity index is 1.93. The van der Waals surface area contributed by atoms with E-state index >= 15 is 4.39 Å². The Kier molecular flexibility index (Phi) is 12.2. The number of thioether (sulfide) groups is 1. The normalized spacial score (nSPS) is 12.2. The summed E-state index contributed by atoms with van der Waals surface area (Å²) < 4.78 is 28.9. The van der Waals surface area contributed by atoms with Crippen molar-refractivity contribution in [3.05, 3.63) is 70.8 Å². The minimum Gasteiger partial charge on any atom is -0.465 e. The van der Waals surface area contributed by atoms with Crippen molar-refractivity contribution in [2.45, 2.75) is 92.2 Å². The molecule has 1 aromatic heterocycles. The average Bonchev–Trinajstić information content (AvgIpc) is 3.26. The number of carbonyl (C=O) groups is 3. The highest BCUT2D eigenvalue weighted by atomic mass is 32.2. The van der Waals surface area contributed by atoms with E-state index in [1.807, 2.05) is 27.7 Å². The SMILES string of the molecule is CCOc1nc(CC)c(CNC(=O)[C@@H](CC(C)C)SC(C)=O)n1Cc1ccc(-c2ccccc2C(=O)OC(C)(C)C)cc1F. The molecule has 3 aromatic rings. The second-order valence-corrected chi connectivity index (χ2v) is 13.3. The number of nitrogens with zero attached hydrogens (tertiary/aromatic N) is 2. The average molecular weight is 626 g/mol. The van der Waals surface area contributed by atoms with Crippen LogP contribution in [0.1, 0.15) is 89.1 Å². The minimum absolute atomic E-state index is 0.114. The molecule has 8 nitrogen and oxygen atoms in total. The summed E-state index contributed by atoms with van der Waals surface area (Å²) in [5.74, 6) is -0.930. The summed E-state index contributed by atoms with van der Waals surface area (Å²) in [5, 5.41) is 2.36. The predicted molar refractivity (Wildman–Crippen MR) is 172 cm³/mol. The summed E-state index contributed by atoms with van der Waals surface area (Å²) in [4.78, 5) is 42.5. The van der Waals surface area contributed by atoms with Crippen LogP contribution >= 0.6 is 11.8 Å². The first-order valence-corrected chi connectivity index (χ1v) is 15.9. The van der Waals surface area contributed by atoms with Crippen LogP contribution in [0.5, 0.6) is 6.01 Å². The highest BCUT2D eigenvalue weighted by Gasteiger charge is 2.25. The number of ether oxygens (including phenoxy) is 2. The molecular weight excluding hydrogens is 581 g/mol. The Labute approximate surface area is 264 Å². The number of aromatic nitrogens is 2. The van der Waals surface area contributed by atoms with Crippen molar-refractivity contribution < 1.29 is 28.2 Å². The van der Waals surface area contributed by atoms with Gasteiger partial charge in [0.15, 0.2) is 5.12 Å². The molecule has 0 radical (unpaired) electrons. The van der Waals surface area contributed by atoms with Crippen LogP contribution < -0.4 is 10.1 Å². The summed E-state index contributed by atoms with van der Waals surface area (Å²) in [6, 6.07) is 12.2. The highest BCUT2D eigenvalue weighted by molar-refractivity contribution is 8.14. The largest absolute Gasteiger partial charge is 0.465 e. The van der Waals surface area contributed by atoms with Gasteiger partial charge >= 0.3 is 5.97 Å². The number of hydrogen-bond acceptors (Lipinski definition) is 7. The second kappa shape index (κ2) is 15.4. The molecule has 0 aliphatic heterocycles. The first-order valence-electron chi connectivity index (χ1n) is 15.0. The van der Waals surface area contributed by atoms with Crippen molar-refractivity contribution >= 4 is 28.8 Å². The Morgan fingerprint density at radius 3 is 2.39 bits per heavy atom. The first kappa shape index (κ1) is 34.8. The van der Waals surface area contributed by atoms with E-state index in [0.717, 1.165) is 17.5 Å². The van der Waals surface area contributed by atoms with Gasteiger partial charge in [0.2, 0.25) is 5.91 Å². The third kappa shape index (κ3) is 9.42. The van der Waals surface area contributed by atoms with Crippen LogP contribution in [-0.2, 0) is 33.8 Å². The molecule has 1 atom stereocenters. The van der Waals surface area contributed by atoms with Crippen LogP contribution in [0.15, 0.2) is 42.5 Å². The molecule has 1 amide bonds. The Hall–Kier alpha value is -3.66. The third-order valence-corrected chi connectivity index (χ3v) is 7.71. The highest BCUT2D eigenvalue weighted by Crippen LogP contribution is 2.29. The van der Waals surface area contributed by atoms with E-state index in [0.29, 0.717) is 53.4 Å². The van der Waals surface area contributed by atoms with E-state index in [9.17, 15) is 14.4 Å². The van der Waals surface area contributed by atoms with E-state index in [2.05, 4.69) is 10.3 Å². The number of benzene rings is 2. The Morgan fingerprint density at radius 2 is 1.80 bits per heavy atom. The monoisotopic (exact) mass is 625 g/mol. The van der Waals surface area contributed by atoms with Crippen LogP contribution in [0, 0.1) is 11.7 Å². The van der Waals surface area contributed by atoms with E-state index in [1.54, 1.807) is 61.7 Å².